The number of aromatic nitrogens is 4. The molecule has 6 nitrogen and oxygen atoms in total. The van der Waals surface area contributed by atoms with Gasteiger partial charge in [-0.05, 0) is 33.2 Å². The highest BCUT2D eigenvalue weighted by Crippen LogP contribution is 2.31. The number of rotatable bonds is 4. The molecule has 120 valence electrons. The normalized spacial score (nSPS) is 20.0. The number of piperidine rings is 1. The van der Waals surface area contributed by atoms with E-state index in [-0.39, 0.29) is 0 Å². The Balaban J connectivity index is 1.81. The summed E-state index contributed by atoms with van der Waals surface area (Å²) in [6.07, 6.45) is 3.58. The van der Waals surface area contributed by atoms with Gasteiger partial charge in [0.05, 0.1) is 11.7 Å². The fourth-order valence-corrected chi connectivity index (χ4v) is 3.12. The predicted octanol–water partition coefficient (Wildman–Crippen LogP) is 3.26. The molecule has 1 N–H and O–H groups in total. The topological polar surface area (TPSA) is 70.8 Å². The van der Waals surface area contributed by atoms with Crippen LogP contribution in [0.25, 0.3) is 0 Å². The molecular formula is C16H25N5O. The van der Waals surface area contributed by atoms with Gasteiger partial charge in [-0.3, -0.25) is 10.00 Å². The minimum Gasteiger partial charge on any atom is -0.361 e. The molecule has 1 atom stereocenters. The average molecular weight is 303 g/mol. The maximum atomic E-state index is 5.30. The van der Waals surface area contributed by atoms with Crippen LogP contribution in [0, 0.1) is 13.8 Å². The molecule has 2 aromatic rings. The highest BCUT2D eigenvalue weighted by Gasteiger charge is 2.28. The first-order valence-corrected chi connectivity index (χ1v) is 8.14. The van der Waals surface area contributed by atoms with Crippen molar-refractivity contribution < 1.29 is 4.52 Å². The molecule has 22 heavy (non-hydrogen) atoms. The number of nitrogens with zero attached hydrogens (tertiary/aromatic N) is 4. The molecule has 0 amide bonds. The molecule has 1 saturated heterocycles. The molecule has 3 rings (SSSR count). The first kappa shape index (κ1) is 15.2. The van der Waals surface area contributed by atoms with E-state index >= 15 is 0 Å². The lowest BCUT2D eigenvalue weighted by Gasteiger charge is -2.34. The lowest BCUT2D eigenvalue weighted by Crippen LogP contribution is -2.33. The van der Waals surface area contributed by atoms with E-state index in [0.29, 0.717) is 12.0 Å². The quantitative estimate of drug-likeness (QED) is 0.938. The summed E-state index contributed by atoms with van der Waals surface area (Å²) in [6.45, 7) is 10.2. The second kappa shape index (κ2) is 6.20. The van der Waals surface area contributed by atoms with E-state index in [0.717, 1.165) is 42.6 Å². The molecule has 0 saturated carbocycles. The molecular weight excluding hydrogens is 278 g/mol. The number of H-pyrrole nitrogens is 1. The van der Waals surface area contributed by atoms with Crippen molar-refractivity contribution in [2.75, 3.05) is 6.54 Å². The number of likely N-dealkylation sites (tertiary alicyclic amines) is 1. The van der Waals surface area contributed by atoms with E-state index in [1.165, 1.54) is 18.4 Å². The van der Waals surface area contributed by atoms with Crippen molar-refractivity contribution in [3.05, 3.63) is 28.7 Å². The van der Waals surface area contributed by atoms with Crippen molar-refractivity contribution in [1.29, 1.82) is 0 Å². The van der Waals surface area contributed by atoms with E-state index in [4.69, 9.17) is 9.51 Å². The van der Waals surface area contributed by atoms with Crippen LogP contribution < -0.4 is 0 Å². The first-order valence-electron chi connectivity index (χ1n) is 8.14. The smallest absolute Gasteiger partial charge is 0.153 e. The fourth-order valence-electron chi connectivity index (χ4n) is 3.12. The molecule has 0 aromatic carbocycles. The van der Waals surface area contributed by atoms with Gasteiger partial charge in [0.25, 0.3) is 0 Å². The number of hydrogen-bond acceptors (Lipinski definition) is 5. The summed E-state index contributed by atoms with van der Waals surface area (Å²) in [7, 11) is 0. The molecule has 0 aliphatic carbocycles. The molecule has 2 aromatic heterocycles. The largest absolute Gasteiger partial charge is 0.361 e. The standard InChI is InChI=1S/C16H25N5O/c1-10(2)15-17-16(19-18-15)14-7-5-6-8-21(14)9-13-11(3)20-22-12(13)4/h10,14H,5-9H2,1-4H3,(H,17,18,19)/t14-/m0/s1. The van der Waals surface area contributed by atoms with Gasteiger partial charge < -0.3 is 4.52 Å². The Bertz CT molecular complexity index is 611. The maximum Gasteiger partial charge on any atom is 0.153 e. The van der Waals surface area contributed by atoms with Crippen LogP contribution in [0.5, 0.6) is 0 Å². The Morgan fingerprint density at radius 2 is 2.14 bits per heavy atom. The summed E-state index contributed by atoms with van der Waals surface area (Å²) in [5, 5.41) is 11.6. The molecule has 0 bridgehead atoms. The highest BCUT2D eigenvalue weighted by atomic mass is 16.5. The molecule has 3 heterocycles. The summed E-state index contributed by atoms with van der Waals surface area (Å²) in [5.74, 6) is 3.17. The van der Waals surface area contributed by atoms with Gasteiger partial charge in [-0.2, -0.15) is 5.10 Å². The van der Waals surface area contributed by atoms with Gasteiger partial charge in [-0.1, -0.05) is 25.4 Å². The lowest BCUT2D eigenvalue weighted by atomic mass is 10.00. The monoisotopic (exact) mass is 303 g/mol. The lowest BCUT2D eigenvalue weighted by molar-refractivity contribution is 0.133. The summed E-state index contributed by atoms with van der Waals surface area (Å²) in [6, 6.07) is 0.308. The van der Waals surface area contributed by atoms with Crippen LogP contribution in [0.2, 0.25) is 0 Å². The number of aromatic amines is 1. The van der Waals surface area contributed by atoms with Gasteiger partial charge in [0.2, 0.25) is 0 Å². The zero-order chi connectivity index (χ0) is 15.7. The molecule has 0 radical (unpaired) electrons. The van der Waals surface area contributed by atoms with Gasteiger partial charge in [0, 0.05) is 18.0 Å². The van der Waals surface area contributed by atoms with Crippen molar-refractivity contribution in [2.45, 2.75) is 65.5 Å². The van der Waals surface area contributed by atoms with Crippen molar-refractivity contribution >= 4 is 0 Å². The minimum atomic E-state index is 0.308. The Morgan fingerprint density at radius 3 is 2.77 bits per heavy atom. The van der Waals surface area contributed by atoms with Gasteiger partial charge in [-0.25, -0.2) is 4.98 Å². The van der Waals surface area contributed by atoms with Crippen molar-refractivity contribution in [3.8, 4) is 0 Å². The van der Waals surface area contributed by atoms with E-state index in [1.807, 2.05) is 13.8 Å². The molecule has 0 spiro atoms. The van der Waals surface area contributed by atoms with Crippen LogP contribution >= 0.6 is 0 Å². The SMILES string of the molecule is Cc1noc(C)c1CN1CCCC[C@H]1c1nc(C(C)C)n[nH]1. The van der Waals surface area contributed by atoms with E-state index in [1.54, 1.807) is 0 Å². The Morgan fingerprint density at radius 1 is 1.32 bits per heavy atom. The maximum absolute atomic E-state index is 5.30. The van der Waals surface area contributed by atoms with Crippen LogP contribution in [-0.2, 0) is 6.54 Å². The summed E-state index contributed by atoms with van der Waals surface area (Å²) in [4.78, 5) is 7.18. The molecule has 0 unspecified atom stereocenters. The van der Waals surface area contributed by atoms with Crippen LogP contribution in [0.1, 0.15) is 73.7 Å². The van der Waals surface area contributed by atoms with Gasteiger partial charge in [0.15, 0.2) is 5.82 Å². The average Bonchev–Trinajstić information content (AvgIpc) is 3.10. The summed E-state index contributed by atoms with van der Waals surface area (Å²) in [5.41, 5.74) is 2.19. The van der Waals surface area contributed by atoms with Gasteiger partial charge >= 0.3 is 0 Å². The van der Waals surface area contributed by atoms with Crippen molar-refractivity contribution in [1.82, 2.24) is 25.2 Å². The third-order valence-electron chi connectivity index (χ3n) is 4.51. The van der Waals surface area contributed by atoms with E-state index < -0.39 is 0 Å². The number of nitrogens with one attached hydrogen (secondary N) is 1. The Hall–Kier alpha value is -1.69. The van der Waals surface area contributed by atoms with Crippen LogP contribution in [0.4, 0.5) is 0 Å². The second-order valence-corrected chi connectivity index (χ2v) is 6.52. The third kappa shape index (κ3) is 2.92. The van der Waals surface area contributed by atoms with Crippen LogP contribution in [0.3, 0.4) is 0 Å². The van der Waals surface area contributed by atoms with Crippen LogP contribution in [-0.4, -0.2) is 31.8 Å². The molecule has 6 heteroatoms. The third-order valence-corrected chi connectivity index (χ3v) is 4.51. The zero-order valence-electron chi connectivity index (χ0n) is 13.9. The highest BCUT2D eigenvalue weighted by molar-refractivity contribution is 5.21. The summed E-state index contributed by atoms with van der Waals surface area (Å²) < 4.78 is 5.30. The summed E-state index contributed by atoms with van der Waals surface area (Å²) >= 11 is 0. The van der Waals surface area contributed by atoms with Crippen molar-refractivity contribution in [2.24, 2.45) is 0 Å². The van der Waals surface area contributed by atoms with E-state index in [9.17, 15) is 0 Å². The first-order chi connectivity index (χ1) is 10.6. The molecule has 1 fully saturated rings. The van der Waals surface area contributed by atoms with E-state index in [2.05, 4.69) is 34.1 Å². The van der Waals surface area contributed by atoms with Crippen molar-refractivity contribution in [3.63, 3.8) is 0 Å². The Labute approximate surface area is 131 Å². The number of hydrogen-bond donors (Lipinski definition) is 1. The predicted molar refractivity (Wildman–Crippen MR) is 83.5 cm³/mol. The molecule has 1 aliphatic rings. The molecule has 1 aliphatic heterocycles. The van der Waals surface area contributed by atoms with Crippen LogP contribution in [0.15, 0.2) is 4.52 Å². The zero-order valence-corrected chi connectivity index (χ0v) is 13.9. The van der Waals surface area contributed by atoms with Gasteiger partial charge in [0.1, 0.15) is 11.6 Å². The fraction of sp³-hybridized carbons (Fsp3) is 0.688. The number of aryl methyl sites for hydroxylation is 2. The minimum absolute atomic E-state index is 0.308. The van der Waals surface area contributed by atoms with Gasteiger partial charge in [-0.15, -0.1) is 0 Å². The second-order valence-electron chi connectivity index (χ2n) is 6.52. The Kier molecular flexibility index (Phi) is 4.29.